The molecule has 1 N–H and O–H groups in total. The van der Waals surface area contributed by atoms with Crippen molar-refractivity contribution in [1.29, 1.82) is 0 Å². The van der Waals surface area contributed by atoms with Gasteiger partial charge in [0.25, 0.3) is 0 Å². The van der Waals surface area contributed by atoms with Gasteiger partial charge in [-0.05, 0) is 31.5 Å². The first-order chi connectivity index (χ1) is 8.11. The van der Waals surface area contributed by atoms with Crippen LogP contribution in [0.15, 0.2) is 24.3 Å². The summed E-state index contributed by atoms with van der Waals surface area (Å²) in [6.07, 6.45) is 0.977. The first kappa shape index (κ1) is 14.5. The van der Waals surface area contributed by atoms with Crippen LogP contribution in [-0.4, -0.2) is 18.7 Å². The maximum absolute atomic E-state index is 6.11. The topological polar surface area (TPSA) is 21.3 Å². The zero-order valence-electron chi connectivity index (χ0n) is 10.9. The lowest BCUT2D eigenvalue weighted by atomic mass is 10.0. The van der Waals surface area contributed by atoms with E-state index in [1.807, 2.05) is 24.3 Å². The van der Waals surface area contributed by atoms with Crippen LogP contribution in [0.2, 0.25) is 5.02 Å². The minimum absolute atomic E-state index is 0.130. The van der Waals surface area contributed by atoms with Gasteiger partial charge in [0.2, 0.25) is 0 Å². The van der Waals surface area contributed by atoms with Crippen LogP contribution in [0.25, 0.3) is 0 Å². The molecule has 0 aliphatic rings. The van der Waals surface area contributed by atoms with Crippen molar-refractivity contribution in [2.24, 2.45) is 0 Å². The Morgan fingerprint density at radius 1 is 1.29 bits per heavy atom. The summed E-state index contributed by atoms with van der Waals surface area (Å²) in [5.74, 6) is 0. The van der Waals surface area contributed by atoms with Gasteiger partial charge in [-0.1, -0.05) is 43.6 Å². The molecule has 1 atom stereocenters. The highest BCUT2D eigenvalue weighted by atomic mass is 35.5. The molecule has 1 unspecified atom stereocenters. The van der Waals surface area contributed by atoms with Crippen molar-refractivity contribution in [2.45, 2.75) is 39.4 Å². The lowest BCUT2D eigenvalue weighted by molar-refractivity contribution is -0.0440. The second-order valence-electron chi connectivity index (χ2n) is 4.46. The predicted octanol–water partition coefficient (Wildman–Crippen LogP) is 3.63. The molecule has 1 aromatic rings. The Hall–Kier alpha value is -0.570. The van der Waals surface area contributed by atoms with Crippen molar-refractivity contribution >= 4 is 11.6 Å². The minimum atomic E-state index is -0.130. The van der Waals surface area contributed by atoms with Crippen molar-refractivity contribution in [3.8, 4) is 0 Å². The Morgan fingerprint density at radius 3 is 2.59 bits per heavy atom. The standard InChI is InChI=1S/C14H22ClNO/c1-4-14(3,11-16-5-2)17-10-12-8-6-7-9-13(12)15/h6-9,16H,4-5,10-11H2,1-3H3. The zero-order chi connectivity index (χ0) is 12.7. The van der Waals surface area contributed by atoms with E-state index in [1.165, 1.54) is 0 Å². The maximum Gasteiger partial charge on any atom is 0.0780 e. The van der Waals surface area contributed by atoms with Crippen LogP contribution in [0.5, 0.6) is 0 Å². The summed E-state index contributed by atoms with van der Waals surface area (Å²) in [6, 6.07) is 7.82. The molecule has 0 bridgehead atoms. The quantitative estimate of drug-likeness (QED) is 0.803. The Kier molecular flexibility index (Phi) is 5.96. The average molecular weight is 256 g/mol. The number of likely N-dealkylation sites (N-methyl/N-ethyl adjacent to an activating group) is 1. The molecule has 0 fully saturated rings. The summed E-state index contributed by atoms with van der Waals surface area (Å²) in [4.78, 5) is 0. The van der Waals surface area contributed by atoms with E-state index < -0.39 is 0 Å². The van der Waals surface area contributed by atoms with Gasteiger partial charge in [-0.15, -0.1) is 0 Å². The summed E-state index contributed by atoms with van der Waals surface area (Å²) >= 11 is 6.11. The Labute approximate surface area is 109 Å². The molecule has 0 saturated heterocycles. The van der Waals surface area contributed by atoms with Gasteiger partial charge in [0.1, 0.15) is 0 Å². The van der Waals surface area contributed by atoms with Crippen LogP contribution < -0.4 is 5.32 Å². The fourth-order valence-corrected chi connectivity index (χ4v) is 1.73. The number of rotatable bonds is 7. The zero-order valence-corrected chi connectivity index (χ0v) is 11.7. The second-order valence-corrected chi connectivity index (χ2v) is 4.87. The van der Waals surface area contributed by atoms with E-state index in [1.54, 1.807) is 0 Å². The predicted molar refractivity (Wildman–Crippen MR) is 73.5 cm³/mol. The van der Waals surface area contributed by atoms with E-state index in [9.17, 15) is 0 Å². The largest absolute Gasteiger partial charge is 0.369 e. The number of halogens is 1. The maximum atomic E-state index is 6.11. The highest BCUT2D eigenvalue weighted by Gasteiger charge is 2.22. The van der Waals surface area contributed by atoms with Crippen molar-refractivity contribution in [2.75, 3.05) is 13.1 Å². The molecule has 0 saturated carbocycles. The molecule has 1 rings (SSSR count). The number of nitrogens with one attached hydrogen (secondary N) is 1. The average Bonchev–Trinajstić information content (AvgIpc) is 2.35. The third-order valence-corrected chi connectivity index (χ3v) is 3.40. The van der Waals surface area contributed by atoms with Gasteiger partial charge in [0, 0.05) is 11.6 Å². The van der Waals surface area contributed by atoms with Gasteiger partial charge in [0.05, 0.1) is 12.2 Å². The summed E-state index contributed by atoms with van der Waals surface area (Å²) in [7, 11) is 0. The summed E-state index contributed by atoms with van der Waals surface area (Å²) in [5, 5.41) is 4.11. The molecule has 96 valence electrons. The molecule has 3 heteroatoms. The van der Waals surface area contributed by atoms with Gasteiger partial charge < -0.3 is 10.1 Å². The first-order valence-electron chi connectivity index (χ1n) is 6.19. The monoisotopic (exact) mass is 255 g/mol. The number of benzene rings is 1. The summed E-state index contributed by atoms with van der Waals surface area (Å²) in [6.45, 7) is 8.77. The van der Waals surface area contributed by atoms with Crippen molar-refractivity contribution < 1.29 is 4.74 Å². The van der Waals surface area contributed by atoms with Crippen molar-refractivity contribution in [1.82, 2.24) is 5.32 Å². The minimum Gasteiger partial charge on any atom is -0.369 e. The SMILES string of the molecule is CCNCC(C)(CC)OCc1ccccc1Cl. The molecule has 2 nitrogen and oxygen atoms in total. The van der Waals surface area contributed by atoms with Crippen LogP contribution in [0.1, 0.15) is 32.8 Å². The Bertz CT molecular complexity index is 343. The lowest BCUT2D eigenvalue weighted by Gasteiger charge is -2.29. The Balaban J connectivity index is 2.55. The normalized spacial score (nSPS) is 14.6. The molecule has 0 aliphatic carbocycles. The number of hydrogen-bond acceptors (Lipinski definition) is 2. The summed E-state index contributed by atoms with van der Waals surface area (Å²) in [5.41, 5.74) is 0.917. The van der Waals surface area contributed by atoms with Gasteiger partial charge in [-0.25, -0.2) is 0 Å². The highest BCUT2D eigenvalue weighted by molar-refractivity contribution is 6.31. The van der Waals surface area contributed by atoms with Crippen LogP contribution in [0.4, 0.5) is 0 Å². The number of hydrogen-bond donors (Lipinski definition) is 1. The smallest absolute Gasteiger partial charge is 0.0780 e. The van der Waals surface area contributed by atoms with E-state index in [4.69, 9.17) is 16.3 Å². The molecule has 0 heterocycles. The Morgan fingerprint density at radius 2 is 2.00 bits per heavy atom. The molecular weight excluding hydrogens is 234 g/mol. The molecule has 0 radical (unpaired) electrons. The molecule has 0 spiro atoms. The third-order valence-electron chi connectivity index (χ3n) is 3.03. The van der Waals surface area contributed by atoms with Gasteiger partial charge in [-0.3, -0.25) is 0 Å². The van der Waals surface area contributed by atoms with E-state index >= 15 is 0 Å². The van der Waals surface area contributed by atoms with E-state index in [0.29, 0.717) is 6.61 Å². The lowest BCUT2D eigenvalue weighted by Crippen LogP contribution is -2.39. The molecule has 0 amide bonds. The third kappa shape index (κ3) is 4.66. The number of ether oxygens (including phenoxy) is 1. The second kappa shape index (κ2) is 7.00. The van der Waals surface area contributed by atoms with Crippen LogP contribution in [0, 0.1) is 0 Å². The van der Waals surface area contributed by atoms with Crippen LogP contribution in [0.3, 0.4) is 0 Å². The summed E-state index contributed by atoms with van der Waals surface area (Å²) < 4.78 is 6.00. The fraction of sp³-hybridized carbons (Fsp3) is 0.571. The van der Waals surface area contributed by atoms with Crippen molar-refractivity contribution in [3.05, 3.63) is 34.9 Å². The van der Waals surface area contributed by atoms with E-state index in [2.05, 4.69) is 26.1 Å². The van der Waals surface area contributed by atoms with E-state index in [0.717, 1.165) is 30.1 Å². The molecular formula is C14H22ClNO. The van der Waals surface area contributed by atoms with Crippen LogP contribution >= 0.6 is 11.6 Å². The molecule has 1 aromatic carbocycles. The van der Waals surface area contributed by atoms with Gasteiger partial charge in [-0.2, -0.15) is 0 Å². The van der Waals surface area contributed by atoms with Gasteiger partial charge in [0.15, 0.2) is 0 Å². The molecule has 0 aromatic heterocycles. The molecule has 17 heavy (non-hydrogen) atoms. The van der Waals surface area contributed by atoms with Gasteiger partial charge >= 0.3 is 0 Å². The van der Waals surface area contributed by atoms with Crippen molar-refractivity contribution in [3.63, 3.8) is 0 Å². The first-order valence-corrected chi connectivity index (χ1v) is 6.57. The van der Waals surface area contributed by atoms with E-state index in [-0.39, 0.29) is 5.60 Å². The molecule has 0 aliphatic heterocycles. The van der Waals surface area contributed by atoms with Crippen LogP contribution in [-0.2, 0) is 11.3 Å². The highest BCUT2D eigenvalue weighted by Crippen LogP contribution is 2.21. The fourth-order valence-electron chi connectivity index (χ4n) is 1.53.